The summed E-state index contributed by atoms with van der Waals surface area (Å²) in [7, 11) is 0. The van der Waals surface area contributed by atoms with E-state index in [0.29, 0.717) is 26.2 Å². The highest BCUT2D eigenvalue weighted by Gasteiger charge is 2.35. The summed E-state index contributed by atoms with van der Waals surface area (Å²) in [5.41, 5.74) is 0.0896. The number of rotatable bonds is 7. The van der Waals surface area contributed by atoms with Gasteiger partial charge < -0.3 is 15.0 Å². The van der Waals surface area contributed by atoms with Crippen LogP contribution in [0.25, 0.3) is 0 Å². The topological polar surface area (TPSA) is 65.1 Å². The lowest BCUT2D eigenvalue weighted by Crippen LogP contribution is -2.59. The van der Waals surface area contributed by atoms with Crippen molar-refractivity contribution < 1.29 is 14.3 Å². The Morgan fingerprint density at radius 2 is 1.80 bits per heavy atom. The molecule has 2 amide bonds. The summed E-state index contributed by atoms with van der Waals surface area (Å²) in [6.07, 6.45) is 0.263. The molecule has 0 aliphatic carbocycles. The molecule has 30 heavy (non-hydrogen) atoms. The van der Waals surface area contributed by atoms with E-state index in [-0.39, 0.29) is 29.7 Å². The van der Waals surface area contributed by atoms with Crippen molar-refractivity contribution in [2.24, 2.45) is 5.41 Å². The average Bonchev–Trinajstić information content (AvgIpc) is 2.71. The Balaban J connectivity index is 1.43. The normalized spacial score (nSPS) is 21.4. The van der Waals surface area contributed by atoms with Crippen LogP contribution in [-0.4, -0.2) is 91.5 Å². The second kappa shape index (κ2) is 10.3. The summed E-state index contributed by atoms with van der Waals surface area (Å²) in [5, 5.41) is 2.93. The van der Waals surface area contributed by atoms with Gasteiger partial charge in [-0.1, -0.05) is 39.0 Å². The number of amides is 2. The van der Waals surface area contributed by atoms with Crippen LogP contribution in [0.2, 0.25) is 0 Å². The molecule has 1 unspecified atom stereocenters. The lowest BCUT2D eigenvalue weighted by molar-refractivity contribution is -0.140. The van der Waals surface area contributed by atoms with Crippen molar-refractivity contribution in [3.05, 3.63) is 30.3 Å². The number of carbonyl (C=O) groups excluding carboxylic acids is 2. The number of ether oxygens (including phenoxy) is 1. The molecule has 0 spiro atoms. The lowest BCUT2D eigenvalue weighted by Gasteiger charge is -2.40. The Labute approximate surface area is 180 Å². The number of carbonyl (C=O) groups is 2. The van der Waals surface area contributed by atoms with Crippen LogP contribution in [0.3, 0.4) is 0 Å². The van der Waals surface area contributed by atoms with Gasteiger partial charge in [-0.3, -0.25) is 19.4 Å². The maximum absolute atomic E-state index is 12.9. The van der Waals surface area contributed by atoms with Crippen molar-refractivity contribution in [1.29, 1.82) is 0 Å². The molecule has 3 rings (SSSR count). The van der Waals surface area contributed by atoms with Gasteiger partial charge in [0, 0.05) is 52.4 Å². The number of nitrogens with zero attached hydrogens (tertiary/aromatic N) is 3. The maximum Gasteiger partial charge on any atom is 0.237 e. The number of benzene rings is 1. The van der Waals surface area contributed by atoms with E-state index >= 15 is 0 Å². The molecule has 2 heterocycles. The van der Waals surface area contributed by atoms with Crippen molar-refractivity contribution in [1.82, 2.24) is 20.0 Å². The van der Waals surface area contributed by atoms with Crippen LogP contribution in [0.4, 0.5) is 0 Å². The van der Waals surface area contributed by atoms with Gasteiger partial charge in [-0.25, -0.2) is 0 Å². The van der Waals surface area contributed by atoms with Crippen LogP contribution in [0, 0.1) is 5.41 Å². The van der Waals surface area contributed by atoms with Crippen molar-refractivity contribution >= 4 is 11.8 Å². The summed E-state index contributed by atoms with van der Waals surface area (Å²) in [6.45, 7) is 13.3. The standard InChI is InChI=1S/C23H36N4O3/c1-23(2,3)18-27-10-9-24-22(29)20(27)17-21(28)26-13-11-25(12-14-26)15-16-30-19-7-5-4-6-8-19/h4-8,20H,9-18H2,1-3H3,(H,24,29). The second-order valence-electron chi connectivity index (χ2n) is 9.43. The van der Waals surface area contributed by atoms with Gasteiger partial charge >= 0.3 is 0 Å². The number of hydrogen-bond donors (Lipinski definition) is 1. The Morgan fingerprint density at radius 1 is 1.10 bits per heavy atom. The van der Waals surface area contributed by atoms with Crippen molar-refractivity contribution in [2.75, 3.05) is 59.0 Å². The third-order valence-corrected chi connectivity index (χ3v) is 5.63. The van der Waals surface area contributed by atoms with E-state index in [4.69, 9.17) is 4.74 Å². The van der Waals surface area contributed by atoms with Gasteiger partial charge in [0.1, 0.15) is 12.4 Å². The van der Waals surface area contributed by atoms with Crippen molar-refractivity contribution in [2.45, 2.75) is 33.2 Å². The van der Waals surface area contributed by atoms with Gasteiger partial charge in [-0.15, -0.1) is 0 Å². The lowest BCUT2D eigenvalue weighted by atomic mass is 9.94. The first-order valence-electron chi connectivity index (χ1n) is 11.0. The predicted octanol–water partition coefficient (Wildman–Crippen LogP) is 1.45. The van der Waals surface area contributed by atoms with Crippen LogP contribution in [0.1, 0.15) is 27.2 Å². The van der Waals surface area contributed by atoms with Crippen LogP contribution in [-0.2, 0) is 9.59 Å². The summed E-state index contributed by atoms with van der Waals surface area (Å²) in [6, 6.07) is 9.47. The summed E-state index contributed by atoms with van der Waals surface area (Å²) in [5.74, 6) is 0.948. The summed E-state index contributed by atoms with van der Waals surface area (Å²) >= 11 is 0. The molecule has 2 aliphatic rings. The van der Waals surface area contributed by atoms with Crippen LogP contribution < -0.4 is 10.1 Å². The highest BCUT2D eigenvalue weighted by atomic mass is 16.5. The third kappa shape index (κ3) is 6.71. The van der Waals surface area contributed by atoms with E-state index in [2.05, 4.69) is 35.9 Å². The van der Waals surface area contributed by atoms with Gasteiger partial charge in [-0.05, 0) is 17.5 Å². The second-order valence-corrected chi connectivity index (χ2v) is 9.43. The molecule has 2 aliphatic heterocycles. The number of nitrogens with one attached hydrogen (secondary N) is 1. The average molecular weight is 417 g/mol. The molecule has 7 nitrogen and oxygen atoms in total. The van der Waals surface area contributed by atoms with Gasteiger partial charge in [0.2, 0.25) is 11.8 Å². The summed E-state index contributed by atoms with van der Waals surface area (Å²) < 4.78 is 5.77. The monoisotopic (exact) mass is 416 g/mol. The maximum atomic E-state index is 12.9. The number of hydrogen-bond acceptors (Lipinski definition) is 5. The first-order chi connectivity index (χ1) is 14.3. The molecule has 2 saturated heterocycles. The van der Waals surface area contributed by atoms with Crippen molar-refractivity contribution in [3.63, 3.8) is 0 Å². The molecule has 0 radical (unpaired) electrons. The molecule has 2 fully saturated rings. The summed E-state index contributed by atoms with van der Waals surface area (Å²) in [4.78, 5) is 31.8. The first kappa shape index (κ1) is 22.6. The quantitative estimate of drug-likeness (QED) is 0.729. The molecule has 1 N–H and O–H groups in total. The van der Waals surface area contributed by atoms with Gasteiger partial charge in [0.05, 0.1) is 12.5 Å². The molecule has 0 aromatic heterocycles. The van der Waals surface area contributed by atoms with Crippen molar-refractivity contribution in [3.8, 4) is 5.75 Å². The van der Waals surface area contributed by atoms with Crippen LogP contribution in [0.5, 0.6) is 5.75 Å². The van der Waals surface area contributed by atoms with Gasteiger partial charge in [0.15, 0.2) is 0 Å². The Hall–Kier alpha value is -2.12. The number of piperazine rings is 2. The molecule has 0 bridgehead atoms. The Kier molecular flexibility index (Phi) is 7.72. The molecule has 1 atom stereocenters. The Morgan fingerprint density at radius 3 is 2.47 bits per heavy atom. The van der Waals surface area contributed by atoms with Crippen LogP contribution in [0.15, 0.2) is 30.3 Å². The predicted molar refractivity (Wildman–Crippen MR) is 117 cm³/mol. The zero-order valence-electron chi connectivity index (χ0n) is 18.6. The zero-order valence-corrected chi connectivity index (χ0v) is 18.6. The fraction of sp³-hybridized carbons (Fsp3) is 0.652. The highest BCUT2D eigenvalue weighted by Crippen LogP contribution is 2.20. The minimum Gasteiger partial charge on any atom is -0.492 e. The molecule has 166 valence electrons. The third-order valence-electron chi connectivity index (χ3n) is 5.63. The first-order valence-corrected chi connectivity index (χ1v) is 11.0. The van der Waals surface area contributed by atoms with Crippen LogP contribution >= 0.6 is 0 Å². The molecule has 1 aromatic rings. The fourth-order valence-electron chi connectivity index (χ4n) is 4.11. The smallest absolute Gasteiger partial charge is 0.237 e. The van der Waals surface area contributed by atoms with E-state index < -0.39 is 0 Å². The minimum absolute atomic E-state index is 0.0180. The molecule has 7 heteroatoms. The highest BCUT2D eigenvalue weighted by molar-refractivity contribution is 5.88. The SMILES string of the molecule is CC(C)(C)CN1CCNC(=O)C1CC(=O)N1CCN(CCOc2ccccc2)CC1. The molecule has 1 aromatic carbocycles. The van der Waals surface area contributed by atoms with E-state index in [1.165, 1.54) is 0 Å². The minimum atomic E-state index is -0.359. The van der Waals surface area contributed by atoms with Gasteiger partial charge in [0.25, 0.3) is 0 Å². The molecular formula is C23H36N4O3. The zero-order chi connectivity index (χ0) is 21.6. The van der Waals surface area contributed by atoms with E-state index in [0.717, 1.165) is 38.5 Å². The van der Waals surface area contributed by atoms with E-state index in [1.807, 2.05) is 35.2 Å². The molecular weight excluding hydrogens is 380 g/mol. The molecule has 0 saturated carbocycles. The van der Waals surface area contributed by atoms with Gasteiger partial charge in [-0.2, -0.15) is 0 Å². The Bertz CT molecular complexity index is 696. The van der Waals surface area contributed by atoms with E-state index in [1.54, 1.807) is 0 Å². The van der Waals surface area contributed by atoms with E-state index in [9.17, 15) is 9.59 Å². The number of para-hydroxylation sites is 1. The largest absolute Gasteiger partial charge is 0.492 e. The fourth-order valence-corrected chi connectivity index (χ4v) is 4.11.